The minimum atomic E-state index is -0.379. The van der Waals surface area contributed by atoms with E-state index in [2.05, 4.69) is 10.3 Å². The van der Waals surface area contributed by atoms with Crippen molar-refractivity contribution in [1.82, 2.24) is 4.98 Å². The summed E-state index contributed by atoms with van der Waals surface area (Å²) in [6.45, 7) is 2.95. The fraction of sp³-hybridized carbons (Fsp3) is 0.600. The van der Waals surface area contributed by atoms with Gasteiger partial charge in [0.1, 0.15) is 11.4 Å². The third kappa shape index (κ3) is 3.85. The molecule has 1 heterocycles. The van der Waals surface area contributed by atoms with Crippen LogP contribution in [0.3, 0.4) is 0 Å². The van der Waals surface area contributed by atoms with E-state index in [1.54, 1.807) is 19.2 Å². The van der Waals surface area contributed by atoms with Crippen LogP contribution in [0.4, 0.5) is 11.5 Å². The first kappa shape index (κ1) is 14.6. The second-order valence-electron chi connectivity index (χ2n) is 5.25. The number of nitrogens with two attached hydrogens (primary N) is 1. The van der Waals surface area contributed by atoms with Crippen molar-refractivity contribution >= 4 is 17.5 Å². The van der Waals surface area contributed by atoms with Crippen molar-refractivity contribution in [2.45, 2.75) is 39.0 Å². The van der Waals surface area contributed by atoms with E-state index in [1.165, 1.54) is 25.7 Å². The number of pyridine rings is 1. The van der Waals surface area contributed by atoms with Gasteiger partial charge in [0.25, 0.3) is 0 Å². The highest BCUT2D eigenvalue weighted by Crippen LogP contribution is 2.27. The molecular weight excluding hydrogens is 254 g/mol. The Labute approximate surface area is 119 Å². The number of nitrogens with zero attached hydrogens (tertiary/aromatic N) is 1. The molecule has 1 aromatic heterocycles. The number of nitrogens with one attached hydrogen (secondary N) is 1. The third-order valence-corrected chi connectivity index (χ3v) is 3.72. The van der Waals surface area contributed by atoms with Crippen molar-refractivity contribution in [2.75, 3.05) is 24.2 Å². The fourth-order valence-corrected chi connectivity index (χ4v) is 2.68. The quantitative estimate of drug-likeness (QED) is 0.782. The maximum atomic E-state index is 11.9. The second kappa shape index (κ2) is 7.12. The summed E-state index contributed by atoms with van der Waals surface area (Å²) in [6.07, 6.45) is 8.01. The van der Waals surface area contributed by atoms with Crippen molar-refractivity contribution in [1.29, 1.82) is 0 Å². The average Bonchev–Trinajstić information content (AvgIpc) is 2.94. The average molecular weight is 277 g/mol. The summed E-state index contributed by atoms with van der Waals surface area (Å²) in [4.78, 5) is 16.1. The summed E-state index contributed by atoms with van der Waals surface area (Å²) >= 11 is 0. The molecule has 1 aliphatic rings. The molecule has 0 aromatic carbocycles. The van der Waals surface area contributed by atoms with Crippen molar-refractivity contribution in [3.05, 3.63) is 17.8 Å². The van der Waals surface area contributed by atoms with Gasteiger partial charge in [0.05, 0.1) is 18.5 Å². The fourth-order valence-electron chi connectivity index (χ4n) is 2.68. The topological polar surface area (TPSA) is 77.2 Å². The van der Waals surface area contributed by atoms with E-state index in [1.807, 2.05) is 0 Å². The van der Waals surface area contributed by atoms with E-state index >= 15 is 0 Å². The van der Waals surface area contributed by atoms with Crippen LogP contribution in [0.5, 0.6) is 0 Å². The van der Waals surface area contributed by atoms with E-state index < -0.39 is 0 Å². The van der Waals surface area contributed by atoms with Gasteiger partial charge in [-0.2, -0.15) is 0 Å². The number of esters is 1. The van der Waals surface area contributed by atoms with Gasteiger partial charge in [-0.25, -0.2) is 9.78 Å². The van der Waals surface area contributed by atoms with E-state index in [-0.39, 0.29) is 5.97 Å². The molecule has 3 N–H and O–H groups in total. The number of nitrogen functional groups attached to an aromatic ring is 1. The Bertz CT molecular complexity index is 456. The summed E-state index contributed by atoms with van der Waals surface area (Å²) in [5.41, 5.74) is 6.57. The van der Waals surface area contributed by atoms with E-state index in [0.717, 1.165) is 18.9 Å². The molecule has 0 saturated heterocycles. The number of hydrogen-bond donors (Lipinski definition) is 2. The molecule has 110 valence electrons. The van der Waals surface area contributed by atoms with Crippen LogP contribution in [0.2, 0.25) is 0 Å². The van der Waals surface area contributed by atoms with Gasteiger partial charge in [-0.15, -0.1) is 0 Å². The first-order valence-electron chi connectivity index (χ1n) is 7.37. The summed E-state index contributed by atoms with van der Waals surface area (Å²) < 4.78 is 5.03. The molecule has 5 heteroatoms. The van der Waals surface area contributed by atoms with Gasteiger partial charge in [-0.3, -0.25) is 0 Å². The summed E-state index contributed by atoms with van der Waals surface area (Å²) in [6, 6.07) is 1.61. The number of carbonyl (C=O) groups excluding carboxylic acids is 1. The molecule has 0 aliphatic heterocycles. The van der Waals surface area contributed by atoms with Gasteiger partial charge in [0.2, 0.25) is 0 Å². The van der Waals surface area contributed by atoms with Crippen LogP contribution >= 0.6 is 0 Å². The van der Waals surface area contributed by atoms with Crippen LogP contribution in [0.15, 0.2) is 12.3 Å². The van der Waals surface area contributed by atoms with Gasteiger partial charge in [-0.1, -0.05) is 25.7 Å². The Kier molecular flexibility index (Phi) is 5.21. The predicted molar refractivity (Wildman–Crippen MR) is 79.7 cm³/mol. The third-order valence-electron chi connectivity index (χ3n) is 3.72. The van der Waals surface area contributed by atoms with Crippen LogP contribution in [-0.4, -0.2) is 24.1 Å². The van der Waals surface area contributed by atoms with Gasteiger partial charge in [0, 0.05) is 6.54 Å². The monoisotopic (exact) mass is 277 g/mol. The molecule has 2 rings (SSSR count). The van der Waals surface area contributed by atoms with Crippen molar-refractivity contribution in [3.63, 3.8) is 0 Å². The molecule has 0 spiro atoms. The summed E-state index contributed by atoms with van der Waals surface area (Å²) in [5, 5.41) is 3.24. The number of rotatable bonds is 6. The zero-order valence-corrected chi connectivity index (χ0v) is 12.0. The van der Waals surface area contributed by atoms with Crippen molar-refractivity contribution in [3.8, 4) is 0 Å². The molecule has 0 radical (unpaired) electrons. The number of hydrogen-bond acceptors (Lipinski definition) is 5. The van der Waals surface area contributed by atoms with Crippen molar-refractivity contribution in [2.24, 2.45) is 5.92 Å². The minimum absolute atomic E-state index is 0.342. The number of aromatic nitrogens is 1. The smallest absolute Gasteiger partial charge is 0.341 e. The first-order chi connectivity index (χ1) is 9.70. The molecule has 20 heavy (non-hydrogen) atoms. The first-order valence-corrected chi connectivity index (χ1v) is 7.37. The zero-order chi connectivity index (χ0) is 14.4. The van der Waals surface area contributed by atoms with E-state index in [4.69, 9.17) is 10.5 Å². The van der Waals surface area contributed by atoms with Crippen molar-refractivity contribution < 1.29 is 9.53 Å². The predicted octanol–water partition coefficient (Wildman–Crippen LogP) is 2.83. The Morgan fingerprint density at radius 1 is 1.50 bits per heavy atom. The largest absolute Gasteiger partial charge is 0.462 e. The number of ether oxygens (including phenoxy) is 1. The van der Waals surface area contributed by atoms with Crippen LogP contribution in [0.1, 0.15) is 49.4 Å². The molecule has 1 saturated carbocycles. The maximum Gasteiger partial charge on any atom is 0.341 e. The Hall–Kier alpha value is -1.78. The van der Waals surface area contributed by atoms with Crippen LogP contribution < -0.4 is 11.1 Å². The number of anilines is 2. The van der Waals surface area contributed by atoms with Crippen LogP contribution in [0, 0.1) is 5.92 Å². The molecule has 0 amide bonds. The molecule has 1 aliphatic carbocycles. The lowest BCUT2D eigenvalue weighted by Crippen LogP contribution is -2.14. The standard InChI is InChI=1S/C15H23N3O2/c1-2-20-15(19)13-9-12(16)10-18-14(13)17-8-7-11-5-3-4-6-11/h9-11H,2-8,16H2,1H3,(H,17,18). The molecule has 0 bridgehead atoms. The van der Waals surface area contributed by atoms with Gasteiger partial charge in [-0.05, 0) is 25.3 Å². The molecule has 0 atom stereocenters. The van der Waals surface area contributed by atoms with E-state index in [0.29, 0.717) is 23.7 Å². The lowest BCUT2D eigenvalue weighted by atomic mass is 10.0. The van der Waals surface area contributed by atoms with Gasteiger partial charge < -0.3 is 15.8 Å². The number of carbonyl (C=O) groups is 1. The molecular formula is C15H23N3O2. The summed E-state index contributed by atoms with van der Waals surface area (Å²) in [5.74, 6) is 0.994. The summed E-state index contributed by atoms with van der Waals surface area (Å²) in [7, 11) is 0. The van der Waals surface area contributed by atoms with Crippen LogP contribution in [-0.2, 0) is 4.74 Å². The molecule has 1 fully saturated rings. The lowest BCUT2D eigenvalue weighted by molar-refractivity contribution is 0.0527. The zero-order valence-electron chi connectivity index (χ0n) is 12.0. The highest BCUT2D eigenvalue weighted by atomic mass is 16.5. The Morgan fingerprint density at radius 3 is 2.95 bits per heavy atom. The van der Waals surface area contributed by atoms with E-state index in [9.17, 15) is 4.79 Å². The molecule has 1 aromatic rings. The highest BCUT2D eigenvalue weighted by molar-refractivity contribution is 5.95. The van der Waals surface area contributed by atoms with Gasteiger partial charge in [0.15, 0.2) is 0 Å². The minimum Gasteiger partial charge on any atom is -0.462 e. The highest BCUT2D eigenvalue weighted by Gasteiger charge is 2.17. The molecule has 0 unspecified atom stereocenters. The Morgan fingerprint density at radius 2 is 2.25 bits per heavy atom. The van der Waals surface area contributed by atoms with Crippen LogP contribution in [0.25, 0.3) is 0 Å². The SMILES string of the molecule is CCOC(=O)c1cc(N)cnc1NCCC1CCCC1. The lowest BCUT2D eigenvalue weighted by Gasteiger charge is -2.13. The second-order valence-corrected chi connectivity index (χ2v) is 5.25. The Balaban J connectivity index is 1.96. The normalized spacial score (nSPS) is 15.2. The van der Waals surface area contributed by atoms with Gasteiger partial charge >= 0.3 is 5.97 Å². The maximum absolute atomic E-state index is 11.9. The molecule has 5 nitrogen and oxygen atoms in total.